The summed E-state index contributed by atoms with van der Waals surface area (Å²) >= 11 is 0. The maximum absolute atomic E-state index is 12.3. The average molecular weight is 274 g/mol. The molecule has 0 aromatic heterocycles. The van der Waals surface area contributed by atoms with E-state index in [4.69, 9.17) is 0 Å². The van der Waals surface area contributed by atoms with E-state index in [2.05, 4.69) is 0 Å². The highest BCUT2D eigenvalue weighted by Gasteiger charge is 2.50. The molecule has 0 atom stereocenters. The van der Waals surface area contributed by atoms with Crippen LogP contribution in [0.25, 0.3) is 0 Å². The molecule has 0 heterocycles. The monoisotopic (exact) mass is 274 g/mol. The number of rotatable bonds is 4. The van der Waals surface area contributed by atoms with Gasteiger partial charge in [-0.25, -0.2) is 0 Å². The first-order valence-electron chi connectivity index (χ1n) is 7.52. The third-order valence-corrected chi connectivity index (χ3v) is 5.48. The van der Waals surface area contributed by atoms with E-state index in [1.165, 1.54) is 6.42 Å². The van der Waals surface area contributed by atoms with E-state index >= 15 is 0 Å². The minimum atomic E-state index is -4.12. The first-order chi connectivity index (χ1) is 8.92. The third kappa shape index (κ3) is 2.82. The van der Waals surface area contributed by atoms with Crippen molar-refractivity contribution in [2.75, 3.05) is 0 Å². The highest BCUT2D eigenvalue weighted by Crippen LogP contribution is 2.56. The van der Waals surface area contributed by atoms with Gasteiger partial charge in [0.05, 0.1) is 0 Å². The minimum Gasteiger partial charge on any atom is -0.299 e. The van der Waals surface area contributed by atoms with E-state index in [1.807, 2.05) is 0 Å². The van der Waals surface area contributed by atoms with Gasteiger partial charge in [0.15, 0.2) is 0 Å². The minimum absolute atomic E-state index is 0.0227. The largest absolute Gasteiger partial charge is 0.389 e. The molecule has 4 fully saturated rings. The maximum Gasteiger partial charge on any atom is 0.389 e. The summed E-state index contributed by atoms with van der Waals surface area (Å²) in [5.41, 5.74) is 0. The van der Waals surface area contributed by atoms with Crippen molar-refractivity contribution in [2.45, 2.75) is 57.5 Å². The van der Waals surface area contributed by atoms with Gasteiger partial charge in [0.2, 0.25) is 0 Å². The predicted octanol–water partition coefficient (Wildman–Crippen LogP) is 4.36. The molecule has 4 heteroatoms. The molecule has 4 rings (SSSR count). The lowest BCUT2D eigenvalue weighted by atomic mass is 9.51. The summed E-state index contributed by atoms with van der Waals surface area (Å²) in [7, 11) is 0. The number of ketones is 1. The summed E-state index contributed by atoms with van der Waals surface area (Å²) in [6, 6.07) is 0. The number of hydrogen-bond acceptors (Lipinski definition) is 1. The van der Waals surface area contributed by atoms with E-state index in [0.29, 0.717) is 11.8 Å². The zero-order valence-electron chi connectivity index (χ0n) is 11.1. The van der Waals surface area contributed by atoms with Crippen molar-refractivity contribution >= 4 is 5.78 Å². The Bertz CT molecular complexity index is 333. The Morgan fingerprint density at radius 2 is 1.47 bits per heavy atom. The van der Waals surface area contributed by atoms with Crippen molar-refractivity contribution < 1.29 is 18.0 Å². The van der Waals surface area contributed by atoms with Gasteiger partial charge >= 0.3 is 6.18 Å². The fraction of sp³-hybridized carbons (Fsp3) is 0.933. The fourth-order valence-electron chi connectivity index (χ4n) is 5.08. The highest BCUT2D eigenvalue weighted by molar-refractivity contribution is 5.82. The lowest BCUT2D eigenvalue weighted by Crippen LogP contribution is -2.48. The number of Topliss-reactive ketones (excluding diaryl/α,β-unsaturated/α-hetero) is 1. The number of carbonyl (C=O) groups excluding carboxylic acids is 1. The predicted molar refractivity (Wildman–Crippen MR) is 65.4 cm³/mol. The van der Waals surface area contributed by atoms with Crippen LogP contribution in [0.2, 0.25) is 0 Å². The van der Waals surface area contributed by atoms with Crippen LogP contribution in [0.1, 0.15) is 51.4 Å². The SMILES string of the molecule is O=C(CCCC(F)(F)F)C1C2CC3CC(C2)CC1C3. The van der Waals surface area contributed by atoms with Crippen LogP contribution in [0.15, 0.2) is 0 Å². The molecule has 19 heavy (non-hydrogen) atoms. The van der Waals surface area contributed by atoms with Gasteiger partial charge in [-0.2, -0.15) is 13.2 Å². The summed E-state index contributed by atoms with van der Waals surface area (Å²) in [4.78, 5) is 12.3. The van der Waals surface area contributed by atoms with Gasteiger partial charge in [-0.1, -0.05) is 0 Å². The molecule has 0 amide bonds. The molecular weight excluding hydrogens is 253 g/mol. The molecule has 0 radical (unpaired) electrons. The highest BCUT2D eigenvalue weighted by atomic mass is 19.4. The first-order valence-corrected chi connectivity index (χ1v) is 7.52. The molecule has 0 spiro atoms. The average Bonchev–Trinajstić information content (AvgIpc) is 2.25. The van der Waals surface area contributed by atoms with Crippen LogP contribution in [-0.2, 0) is 4.79 Å². The first kappa shape index (κ1) is 13.4. The molecule has 0 aromatic rings. The molecule has 4 saturated carbocycles. The summed E-state index contributed by atoms with van der Waals surface area (Å²) < 4.78 is 36.4. The fourth-order valence-corrected chi connectivity index (χ4v) is 5.08. The van der Waals surface area contributed by atoms with Crippen LogP contribution in [-0.4, -0.2) is 12.0 Å². The second-order valence-electron chi connectivity index (χ2n) is 6.89. The number of carbonyl (C=O) groups is 1. The van der Waals surface area contributed by atoms with E-state index in [-0.39, 0.29) is 24.5 Å². The van der Waals surface area contributed by atoms with Gasteiger partial charge < -0.3 is 0 Å². The van der Waals surface area contributed by atoms with Crippen LogP contribution in [0.5, 0.6) is 0 Å². The Morgan fingerprint density at radius 3 is 1.95 bits per heavy atom. The quantitative estimate of drug-likeness (QED) is 0.744. The van der Waals surface area contributed by atoms with Crippen LogP contribution in [0, 0.1) is 29.6 Å². The van der Waals surface area contributed by atoms with Gasteiger partial charge in [-0.3, -0.25) is 4.79 Å². The summed E-state index contributed by atoms with van der Waals surface area (Å²) in [6.45, 7) is 0. The normalized spacial score (nSPS) is 40.7. The third-order valence-electron chi connectivity index (χ3n) is 5.48. The van der Waals surface area contributed by atoms with Gasteiger partial charge in [0.25, 0.3) is 0 Å². The lowest BCUT2D eigenvalue weighted by Gasteiger charge is -2.53. The topological polar surface area (TPSA) is 17.1 Å². The van der Waals surface area contributed by atoms with E-state index in [1.54, 1.807) is 0 Å². The Labute approximate surface area is 111 Å². The lowest BCUT2D eigenvalue weighted by molar-refractivity contribution is -0.142. The van der Waals surface area contributed by atoms with Crippen LogP contribution in [0.3, 0.4) is 0 Å². The van der Waals surface area contributed by atoms with Crippen molar-refractivity contribution in [3.8, 4) is 0 Å². The van der Waals surface area contributed by atoms with Crippen LogP contribution in [0.4, 0.5) is 13.2 Å². The molecule has 0 aliphatic heterocycles. The second kappa shape index (κ2) is 4.78. The standard InChI is InChI=1S/C15H21F3O/c16-15(17,18)3-1-2-13(19)14-11-5-9-4-10(7-11)8-12(14)6-9/h9-12,14H,1-8H2. The Balaban J connectivity index is 1.55. The zero-order valence-corrected chi connectivity index (χ0v) is 11.1. The molecular formula is C15H21F3O. The van der Waals surface area contributed by atoms with Gasteiger partial charge in [0, 0.05) is 18.8 Å². The Morgan fingerprint density at radius 1 is 0.947 bits per heavy atom. The zero-order chi connectivity index (χ0) is 13.6. The molecule has 4 aliphatic rings. The van der Waals surface area contributed by atoms with Gasteiger partial charge in [-0.15, -0.1) is 0 Å². The van der Waals surface area contributed by atoms with E-state index in [0.717, 1.165) is 37.5 Å². The van der Waals surface area contributed by atoms with Crippen LogP contribution >= 0.6 is 0 Å². The van der Waals surface area contributed by atoms with Crippen molar-refractivity contribution in [2.24, 2.45) is 29.6 Å². The van der Waals surface area contributed by atoms with E-state index < -0.39 is 12.6 Å². The molecule has 0 N–H and O–H groups in total. The van der Waals surface area contributed by atoms with Crippen molar-refractivity contribution in [3.05, 3.63) is 0 Å². The van der Waals surface area contributed by atoms with Gasteiger partial charge in [0.1, 0.15) is 5.78 Å². The molecule has 0 aromatic carbocycles. The maximum atomic E-state index is 12.3. The number of hydrogen-bond donors (Lipinski definition) is 0. The number of alkyl halides is 3. The molecule has 108 valence electrons. The van der Waals surface area contributed by atoms with E-state index in [9.17, 15) is 18.0 Å². The smallest absolute Gasteiger partial charge is 0.299 e. The molecule has 0 saturated heterocycles. The van der Waals surface area contributed by atoms with Crippen LogP contribution < -0.4 is 0 Å². The molecule has 0 unspecified atom stereocenters. The van der Waals surface area contributed by atoms with Gasteiger partial charge in [-0.05, 0) is 62.2 Å². The summed E-state index contributed by atoms with van der Waals surface area (Å²) in [5.74, 6) is 2.83. The Kier molecular flexibility index (Phi) is 3.38. The molecule has 4 bridgehead atoms. The van der Waals surface area contributed by atoms with Crippen molar-refractivity contribution in [3.63, 3.8) is 0 Å². The summed E-state index contributed by atoms with van der Waals surface area (Å²) in [5, 5.41) is 0. The molecule has 4 aliphatic carbocycles. The second-order valence-corrected chi connectivity index (χ2v) is 6.89. The summed E-state index contributed by atoms with van der Waals surface area (Å²) in [6.07, 6.45) is 1.13. The van der Waals surface area contributed by atoms with Crippen molar-refractivity contribution in [1.29, 1.82) is 0 Å². The molecule has 1 nitrogen and oxygen atoms in total. The van der Waals surface area contributed by atoms with Crippen molar-refractivity contribution in [1.82, 2.24) is 0 Å². The number of halogens is 3. The Hall–Kier alpha value is -0.540.